The molecule has 1 amide bonds. The van der Waals surface area contributed by atoms with Gasteiger partial charge in [0.1, 0.15) is 0 Å². The van der Waals surface area contributed by atoms with Crippen molar-refractivity contribution in [3.8, 4) is 0 Å². The zero-order valence-corrected chi connectivity index (χ0v) is 11.9. The minimum Gasteiger partial charge on any atom is -0.396 e. The van der Waals surface area contributed by atoms with Gasteiger partial charge in [-0.15, -0.1) is 0 Å². The van der Waals surface area contributed by atoms with Gasteiger partial charge in [0.15, 0.2) is 0 Å². The van der Waals surface area contributed by atoms with Gasteiger partial charge in [-0.1, -0.05) is 19.3 Å². The summed E-state index contributed by atoms with van der Waals surface area (Å²) < 4.78 is 0. The summed E-state index contributed by atoms with van der Waals surface area (Å²) in [6.45, 7) is 2.08. The zero-order chi connectivity index (χ0) is 13.5. The zero-order valence-electron chi connectivity index (χ0n) is 11.9. The van der Waals surface area contributed by atoms with Crippen molar-refractivity contribution < 1.29 is 9.90 Å². The predicted octanol–water partition coefficient (Wildman–Crippen LogP) is 1.43. The van der Waals surface area contributed by atoms with Crippen molar-refractivity contribution >= 4 is 5.91 Å². The van der Waals surface area contributed by atoms with Crippen molar-refractivity contribution in [2.75, 3.05) is 19.7 Å². The van der Waals surface area contributed by atoms with E-state index < -0.39 is 0 Å². The van der Waals surface area contributed by atoms with Gasteiger partial charge in [-0.3, -0.25) is 4.79 Å². The highest BCUT2D eigenvalue weighted by Gasteiger charge is 2.28. The molecule has 4 heteroatoms. The second-order valence-electron chi connectivity index (χ2n) is 6.05. The molecule has 1 aliphatic carbocycles. The van der Waals surface area contributed by atoms with Crippen LogP contribution in [0.15, 0.2) is 0 Å². The molecule has 1 heterocycles. The summed E-state index contributed by atoms with van der Waals surface area (Å²) in [6, 6.07) is 0.188. The van der Waals surface area contributed by atoms with Crippen LogP contribution in [0.25, 0.3) is 0 Å². The Labute approximate surface area is 116 Å². The molecule has 1 unspecified atom stereocenters. The molecule has 0 radical (unpaired) electrons. The molecule has 19 heavy (non-hydrogen) atoms. The van der Waals surface area contributed by atoms with Crippen molar-refractivity contribution in [3.63, 3.8) is 0 Å². The Morgan fingerprint density at radius 1 is 1.16 bits per heavy atom. The van der Waals surface area contributed by atoms with Crippen LogP contribution in [-0.4, -0.2) is 36.8 Å². The molecule has 3 N–H and O–H groups in total. The van der Waals surface area contributed by atoms with E-state index in [0.29, 0.717) is 12.3 Å². The van der Waals surface area contributed by atoms with E-state index in [0.717, 1.165) is 25.9 Å². The van der Waals surface area contributed by atoms with Crippen LogP contribution in [0, 0.1) is 11.8 Å². The van der Waals surface area contributed by atoms with E-state index in [4.69, 9.17) is 0 Å². The first-order valence-electron chi connectivity index (χ1n) is 7.93. The van der Waals surface area contributed by atoms with Gasteiger partial charge in [0.05, 0.1) is 0 Å². The van der Waals surface area contributed by atoms with Crippen LogP contribution in [0.5, 0.6) is 0 Å². The van der Waals surface area contributed by atoms with Crippen molar-refractivity contribution in [1.29, 1.82) is 0 Å². The SMILES string of the molecule is O=C(NC(CCO)C1CCCCC1)C1CCNCC1. The van der Waals surface area contributed by atoms with Crippen LogP contribution in [0.1, 0.15) is 51.4 Å². The van der Waals surface area contributed by atoms with Gasteiger partial charge >= 0.3 is 0 Å². The Hall–Kier alpha value is -0.610. The second-order valence-corrected chi connectivity index (χ2v) is 6.05. The maximum Gasteiger partial charge on any atom is 0.223 e. The van der Waals surface area contributed by atoms with Crippen molar-refractivity contribution in [2.24, 2.45) is 11.8 Å². The number of nitrogens with one attached hydrogen (secondary N) is 2. The number of rotatable bonds is 5. The number of aliphatic hydroxyl groups is 1. The van der Waals surface area contributed by atoms with E-state index >= 15 is 0 Å². The van der Waals surface area contributed by atoms with Crippen LogP contribution < -0.4 is 10.6 Å². The van der Waals surface area contributed by atoms with E-state index in [1.165, 1.54) is 32.1 Å². The number of hydrogen-bond donors (Lipinski definition) is 3. The average molecular weight is 268 g/mol. The molecule has 1 saturated heterocycles. The molecule has 0 aromatic rings. The van der Waals surface area contributed by atoms with Gasteiger partial charge in [-0.25, -0.2) is 0 Å². The van der Waals surface area contributed by atoms with Crippen LogP contribution in [-0.2, 0) is 4.79 Å². The first-order chi connectivity index (χ1) is 9.31. The number of piperidine rings is 1. The summed E-state index contributed by atoms with van der Waals surface area (Å²) in [7, 11) is 0. The van der Waals surface area contributed by atoms with E-state index in [1.54, 1.807) is 0 Å². The first kappa shape index (κ1) is 14.8. The van der Waals surface area contributed by atoms with Crippen molar-refractivity contribution in [2.45, 2.75) is 57.4 Å². The predicted molar refractivity (Wildman–Crippen MR) is 75.8 cm³/mol. The third-order valence-electron chi connectivity index (χ3n) is 4.70. The number of amides is 1. The molecular weight excluding hydrogens is 240 g/mol. The van der Waals surface area contributed by atoms with Crippen LogP contribution in [0.3, 0.4) is 0 Å². The normalized spacial score (nSPS) is 24.1. The van der Waals surface area contributed by atoms with Gasteiger partial charge in [-0.05, 0) is 51.1 Å². The van der Waals surface area contributed by atoms with Crippen molar-refractivity contribution in [3.05, 3.63) is 0 Å². The lowest BCUT2D eigenvalue weighted by Crippen LogP contribution is -2.46. The Morgan fingerprint density at radius 3 is 2.47 bits per heavy atom. The summed E-state index contributed by atoms with van der Waals surface area (Å²) in [5.41, 5.74) is 0. The van der Waals surface area contributed by atoms with Gasteiger partial charge in [0, 0.05) is 18.6 Å². The Morgan fingerprint density at radius 2 is 1.84 bits per heavy atom. The first-order valence-corrected chi connectivity index (χ1v) is 7.93. The number of carbonyl (C=O) groups is 1. The lowest BCUT2D eigenvalue weighted by Gasteiger charge is -2.32. The highest BCUT2D eigenvalue weighted by molar-refractivity contribution is 5.79. The third kappa shape index (κ3) is 4.46. The lowest BCUT2D eigenvalue weighted by molar-refractivity contribution is -0.127. The highest BCUT2D eigenvalue weighted by Crippen LogP contribution is 2.28. The van der Waals surface area contributed by atoms with E-state index in [-0.39, 0.29) is 24.5 Å². The fourth-order valence-electron chi connectivity index (χ4n) is 3.49. The number of carbonyl (C=O) groups excluding carboxylic acids is 1. The third-order valence-corrected chi connectivity index (χ3v) is 4.70. The average Bonchev–Trinajstić information content (AvgIpc) is 2.48. The standard InChI is InChI=1S/C15H28N2O2/c18-11-8-14(12-4-2-1-3-5-12)17-15(19)13-6-9-16-10-7-13/h12-14,16,18H,1-11H2,(H,17,19). The molecule has 0 aromatic carbocycles. The monoisotopic (exact) mass is 268 g/mol. The smallest absolute Gasteiger partial charge is 0.223 e. The Bertz CT molecular complexity index is 271. The molecule has 2 aliphatic rings. The Kier molecular flexibility index (Phi) is 6.11. The molecule has 4 nitrogen and oxygen atoms in total. The Balaban J connectivity index is 1.85. The summed E-state index contributed by atoms with van der Waals surface area (Å²) >= 11 is 0. The minimum atomic E-state index is 0.172. The van der Waals surface area contributed by atoms with Gasteiger partial charge in [0.25, 0.3) is 0 Å². The minimum absolute atomic E-state index is 0.172. The van der Waals surface area contributed by atoms with Gasteiger partial charge in [-0.2, -0.15) is 0 Å². The molecule has 2 fully saturated rings. The molecule has 0 aromatic heterocycles. The highest BCUT2D eigenvalue weighted by atomic mass is 16.3. The fourth-order valence-corrected chi connectivity index (χ4v) is 3.49. The summed E-state index contributed by atoms with van der Waals surface area (Å²) in [5, 5.41) is 15.8. The quantitative estimate of drug-likeness (QED) is 0.707. The van der Waals surface area contributed by atoms with Crippen LogP contribution >= 0.6 is 0 Å². The maximum atomic E-state index is 12.3. The molecule has 1 atom stereocenters. The summed E-state index contributed by atoms with van der Waals surface area (Å²) in [5.74, 6) is 0.961. The molecule has 1 aliphatic heterocycles. The second kappa shape index (κ2) is 7.85. The fraction of sp³-hybridized carbons (Fsp3) is 0.933. The topological polar surface area (TPSA) is 61.4 Å². The molecule has 0 bridgehead atoms. The lowest BCUT2D eigenvalue weighted by atomic mass is 9.82. The molecule has 110 valence electrons. The van der Waals surface area contributed by atoms with Crippen LogP contribution in [0.2, 0.25) is 0 Å². The summed E-state index contributed by atoms with van der Waals surface area (Å²) in [6.07, 6.45) is 8.89. The van der Waals surface area contributed by atoms with Gasteiger partial charge < -0.3 is 15.7 Å². The van der Waals surface area contributed by atoms with E-state index in [2.05, 4.69) is 10.6 Å². The summed E-state index contributed by atoms with van der Waals surface area (Å²) in [4.78, 5) is 12.3. The molecule has 1 saturated carbocycles. The molecule has 2 rings (SSSR count). The molecular formula is C15H28N2O2. The number of aliphatic hydroxyl groups excluding tert-OH is 1. The largest absolute Gasteiger partial charge is 0.396 e. The van der Waals surface area contributed by atoms with E-state index in [9.17, 15) is 9.90 Å². The maximum absolute atomic E-state index is 12.3. The van der Waals surface area contributed by atoms with Crippen molar-refractivity contribution in [1.82, 2.24) is 10.6 Å². The van der Waals surface area contributed by atoms with E-state index in [1.807, 2.05) is 0 Å². The van der Waals surface area contributed by atoms with Gasteiger partial charge in [0.2, 0.25) is 5.91 Å². The molecule has 0 spiro atoms. The van der Waals surface area contributed by atoms with Crippen LogP contribution in [0.4, 0.5) is 0 Å². The number of hydrogen-bond acceptors (Lipinski definition) is 3.